The first kappa shape index (κ1) is 14.7. The van der Waals surface area contributed by atoms with Crippen LogP contribution in [0.1, 0.15) is 10.9 Å². The summed E-state index contributed by atoms with van der Waals surface area (Å²) in [6.45, 7) is 0. The minimum absolute atomic E-state index is 0.0123. The average molecular weight is 344 g/mol. The van der Waals surface area contributed by atoms with E-state index in [9.17, 15) is 9.18 Å². The minimum Gasteiger partial charge on any atom is -0.319 e. The van der Waals surface area contributed by atoms with Crippen LogP contribution in [-0.2, 0) is 4.79 Å². The molecular formula is C17H13FN2OS2. The lowest BCUT2D eigenvalue weighted by molar-refractivity contribution is -0.119. The summed E-state index contributed by atoms with van der Waals surface area (Å²) < 4.78 is 13.2. The molecule has 2 atom stereocenters. The number of halogens is 1. The lowest BCUT2D eigenvalue weighted by Gasteiger charge is -2.25. The molecule has 0 radical (unpaired) electrons. The van der Waals surface area contributed by atoms with E-state index in [2.05, 4.69) is 0 Å². The van der Waals surface area contributed by atoms with Crippen LogP contribution < -0.4 is 4.90 Å². The highest BCUT2D eigenvalue weighted by Crippen LogP contribution is 2.46. The second-order valence-corrected chi connectivity index (χ2v) is 6.93. The van der Waals surface area contributed by atoms with Crippen molar-refractivity contribution in [2.75, 3.05) is 10.7 Å². The fraction of sp³-hybridized carbons (Fsp3) is 0.176. The molecule has 1 unspecified atom stereocenters. The Bertz CT molecular complexity index is 766. The molecule has 116 valence electrons. The van der Waals surface area contributed by atoms with E-state index in [1.807, 2.05) is 35.2 Å². The monoisotopic (exact) mass is 344 g/mol. The number of carbonyl (C=O) groups excluding carboxylic acids is 1. The summed E-state index contributed by atoms with van der Waals surface area (Å²) in [5.74, 6) is 0.433. The van der Waals surface area contributed by atoms with Crippen molar-refractivity contribution in [2.45, 2.75) is 11.4 Å². The fourth-order valence-electron chi connectivity index (χ4n) is 2.99. The van der Waals surface area contributed by atoms with Crippen LogP contribution in [0.15, 0.2) is 54.6 Å². The molecule has 0 N–H and O–H groups in total. The lowest BCUT2D eigenvalue weighted by Crippen LogP contribution is -2.33. The van der Waals surface area contributed by atoms with Crippen molar-refractivity contribution in [1.29, 1.82) is 0 Å². The van der Waals surface area contributed by atoms with E-state index in [0.717, 1.165) is 11.3 Å². The molecule has 2 aromatic carbocycles. The normalized spacial score (nSPS) is 23.5. The number of anilines is 1. The van der Waals surface area contributed by atoms with Gasteiger partial charge in [0, 0.05) is 5.75 Å². The number of amides is 1. The van der Waals surface area contributed by atoms with E-state index in [-0.39, 0.29) is 23.1 Å². The molecule has 0 aliphatic carbocycles. The van der Waals surface area contributed by atoms with Crippen LogP contribution >= 0.6 is 24.0 Å². The Kier molecular flexibility index (Phi) is 3.58. The maximum atomic E-state index is 13.2. The van der Waals surface area contributed by atoms with Gasteiger partial charge in [0.1, 0.15) is 17.2 Å². The maximum absolute atomic E-state index is 13.2. The summed E-state index contributed by atoms with van der Waals surface area (Å²) in [5, 5.41) is 0.469. The van der Waals surface area contributed by atoms with Crippen molar-refractivity contribution < 1.29 is 9.18 Å². The molecule has 0 spiro atoms. The highest BCUT2D eigenvalue weighted by atomic mass is 32.2. The van der Waals surface area contributed by atoms with Crippen LogP contribution in [0.3, 0.4) is 0 Å². The van der Waals surface area contributed by atoms with Gasteiger partial charge in [0.25, 0.3) is 5.91 Å². The van der Waals surface area contributed by atoms with Crippen molar-refractivity contribution in [3.63, 3.8) is 0 Å². The molecule has 2 aliphatic rings. The molecule has 1 amide bonds. The third kappa shape index (κ3) is 2.33. The average Bonchev–Trinajstić information content (AvgIpc) is 3.10. The Morgan fingerprint density at radius 3 is 2.48 bits per heavy atom. The molecule has 0 saturated carbocycles. The Morgan fingerprint density at radius 2 is 1.78 bits per heavy atom. The SMILES string of the molecule is O=C1[C@@H]2CSC(c3ccc(F)cc3)N2C(=S)N1c1ccccc1. The molecule has 4 rings (SSSR count). The first-order chi connectivity index (χ1) is 11.2. The molecular weight excluding hydrogens is 331 g/mol. The van der Waals surface area contributed by atoms with Crippen molar-refractivity contribution in [2.24, 2.45) is 0 Å². The van der Waals surface area contributed by atoms with Gasteiger partial charge in [0.2, 0.25) is 0 Å². The number of hydrogen-bond donors (Lipinski definition) is 0. The zero-order valence-electron chi connectivity index (χ0n) is 12.1. The smallest absolute Gasteiger partial charge is 0.257 e. The summed E-state index contributed by atoms with van der Waals surface area (Å²) >= 11 is 7.25. The van der Waals surface area contributed by atoms with Gasteiger partial charge < -0.3 is 4.90 Å². The van der Waals surface area contributed by atoms with Crippen LogP contribution in [0.4, 0.5) is 10.1 Å². The van der Waals surface area contributed by atoms with Gasteiger partial charge in [0.15, 0.2) is 5.11 Å². The van der Waals surface area contributed by atoms with Gasteiger partial charge in [-0.3, -0.25) is 9.69 Å². The van der Waals surface area contributed by atoms with Crippen molar-refractivity contribution in [3.05, 3.63) is 66.0 Å². The van der Waals surface area contributed by atoms with E-state index in [1.165, 1.54) is 12.1 Å². The minimum atomic E-state index is -0.265. The lowest BCUT2D eigenvalue weighted by atomic mass is 10.2. The summed E-state index contributed by atoms with van der Waals surface area (Å²) in [7, 11) is 0. The van der Waals surface area contributed by atoms with Gasteiger partial charge in [-0.2, -0.15) is 0 Å². The fourth-order valence-corrected chi connectivity index (χ4v) is 4.91. The van der Waals surface area contributed by atoms with Crippen LogP contribution in [0.5, 0.6) is 0 Å². The van der Waals surface area contributed by atoms with E-state index in [1.54, 1.807) is 28.8 Å². The molecule has 0 aromatic heterocycles. The van der Waals surface area contributed by atoms with Gasteiger partial charge in [-0.1, -0.05) is 30.3 Å². The third-order valence-corrected chi connectivity index (χ3v) is 5.80. The quantitative estimate of drug-likeness (QED) is 0.777. The Hall–Kier alpha value is -1.92. The first-order valence-electron chi connectivity index (χ1n) is 7.25. The highest BCUT2D eigenvalue weighted by molar-refractivity contribution is 7.99. The number of thioether (sulfide) groups is 1. The van der Waals surface area contributed by atoms with Crippen LogP contribution in [-0.4, -0.2) is 27.7 Å². The van der Waals surface area contributed by atoms with Crippen molar-refractivity contribution >= 4 is 40.7 Å². The molecule has 2 heterocycles. The molecule has 2 saturated heterocycles. The first-order valence-corrected chi connectivity index (χ1v) is 8.71. The summed E-state index contributed by atoms with van der Waals surface area (Å²) in [6, 6.07) is 15.6. The third-order valence-electron chi connectivity index (χ3n) is 4.09. The Morgan fingerprint density at radius 1 is 1.09 bits per heavy atom. The molecule has 2 aromatic rings. The van der Waals surface area contributed by atoms with Gasteiger partial charge in [-0.15, -0.1) is 11.8 Å². The van der Waals surface area contributed by atoms with Crippen molar-refractivity contribution in [3.8, 4) is 0 Å². The number of hydrogen-bond acceptors (Lipinski definition) is 3. The maximum Gasteiger partial charge on any atom is 0.257 e. The van der Waals surface area contributed by atoms with Crippen LogP contribution in [0.25, 0.3) is 0 Å². The second kappa shape index (κ2) is 5.62. The van der Waals surface area contributed by atoms with E-state index in [0.29, 0.717) is 10.9 Å². The van der Waals surface area contributed by atoms with Crippen LogP contribution in [0, 0.1) is 5.82 Å². The molecule has 6 heteroatoms. The van der Waals surface area contributed by atoms with Crippen LogP contribution in [0.2, 0.25) is 0 Å². The predicted octanol–water partition coefficient (Wildman–Crippen LogP) is 3.57. The topological polar surface area (TPSA) is 23.6 Å². The molecule has 3 nitrogen and oxygen atoms in total. The van der Waals surface area contributed by atoms with Gasteiger partial charge in [0.05, 0.1) is 5.69 Å². The number of carbonyl (C=O) groups is 1. The number of para-hydroxylation sites is 1. The summed E-state index contributed by atoms with van der Waals surface area (Å²) in [4.78, 5) is 16.3. The highest BCUT2D eigenvalue weighted by Gasteiger charge is 2.50. The van der Waals surface area contributed by atoms with Gasteiger partial charge in [-0.25, -0.2) is 4.39 Å². The summed E-state index contributed by atoms with van der Waals surface area (Å²) in [6.07, 6.45) is 0. The van der Waals surface area contributed by atoms with Crippen molar-refractivity contribution in [1.82, 2.24) is 4.90 Å². The zero-order chi connectivity index (χ0) is 16.0. The molecule has 2 fully saturated rings. The molecule has 2 aliphatic heterocycles. The second-order valence-electron chi connectivity index (χ2n) is 5.45. The zero-order valence-corrected chi connectivity index (χ0v) is 13.7. The van der Waals surface area contributed by atoms with E-state index >= 15 is 0 Å². The number of rotatable bonds is 2. The number of thiocarbonyl (C=S) groups is 1. The molecule has 0 bridgehead atoms. The van der Waals surface area contributed by atoms with E-state index < -0.39 is 0 Å². The Balaban J connectivity index is 1.68. The number of nitrogens with zero attached hydrogens (tertiary/aromatic N) is 2. The van der Waals surface area contributed by atoms with E-state index in [4.69, 9.17) is 12.2 Å². The summed E-state index contributed by atoms with van der Waals surface area (Å²) in [5.41, 5.74) is 1.75. The number of benzene rings is 2. The Labute approximate surface area is 143 Å². The van der Waals surface area contributed by atoms with Gasteiger partial charge >= 0.3 is 0 Å². The standard InChI is InChI=1S/C17H13FN2OS2/c18-12-8-6-11(7-9-12)16-20-14(10-23-16)15(21)19(17(20)22)13-4-2-1-3-5-13/h1-9,14,16H,10H2/t14-,16?/m0/s1. The predicted molar refractivity (Wildman–Crippen MR) is 93.8 cm³/mol. The largest absolute Gasteiger partial charge is 0.319 e. The van der Waals surface area contributed by atoms with Gasteiger partial charge in [-0.05, 0) is 42.0 Å². The number of fused-ring (bicyclic) bond motifs is 1. The molecule has 23 heavy (non-hydrogen) atoms.